The number of nitrogens with zero attached hydrogens (tertiary/aromatic N) is 2. The molecular weight excluding hydrogens is 282 g/mol. The highest BCUT2D eigenvalue weighted by atomic mass is 35.5. The normalized spacial score (nSPS) is 11.3. The first kappa shape index (κ1) is 15.8. The zero-order valence-corrected chi connectivity index (χ0v) is 11.8. The van der Waals surface area contributed by atoms with Gasteiger partial charge in [0.05, 0.1) is 23.2 Å². The van der Waals surface area contributed by atoms with E-state index in [1.165, 1.54) is 24.1 Å². The van der Waals surface area contributed by atoms with Crippen LogP contribution in [-0.4, -0.2) is 35.1 Å². The molecule has 2 N–H and O–H groups in total. The van der Waals surface area contributed by atoms with Crippen LogP contribution < -0.4 is 5.32 Å². The van der Waals surface area contributed by atoms with Crippen molar-refractivity contribution in [2.45, 2.75) is 19.4 Å². The van der Waals surface area contributed by atoms with Crippen molar-refractivity contribution in [2.24, 2.45) is 0 Å². The first-order chi connectivity index (χ1) is 9.38. The molecule has 0 bridgehead atoms. The Morgan fingerprint density at radius 3 is 2.75 bits per heavy atom. The molecule has 0 spiro atoms. The lowest BCUT2D eigenvalue weighted by atomic mass is 10.1. The van der Waals surface area contributed by atoms with Gasteiger partial charge in [0.1, 0.15) is 5.56 Å². The van der Waals surface area contributed by atoms with Crippen molar-refractivity contribution in [3.63, 3.8) is 0 Å². The van der Waals surface area contributed by atoms with Crippen LogP contribution in [0.15, 0.2) is 18.2 Å². The molecule has 0 aromatic heterocycles. The number of amides is 2. The smallest absolute Gasteiger partial charge is 0.339 e. The Bertz CT molecular complexity index is 568. The number of anilines is 1. The molecule has 1 rings (SSSR count). The summed E-state index contributed by atoms with van der Waals surface area (Å²) in [6, 6.07) is 5.61. The van der Waals surface area contributed by atoms with Gasteiger partial charge >= 0.3 is 12.0 Å². The summed E-state index contributed by atoms with van der Waals surface area (Å²) in [4.78, 5) is 24.5. The number of carboxylic acid groups (broad SMARTS) is 1. The third-order valence-corrected chi connectivity index (χ3v) is 3.15. The average Bonchev–Trinajstić information content (AvgIpc) is 2.37. The van der Waals surface area contributed by atoms with Crippen LogP contribution >= 0.6 is 11.6 Å². The molecule has 0 saturated heterocycles. The van der Waals surface area contributed by atoms with Gasteiger partial charge in [0.15, 0.2) is 0 Å². The lowest BCUT2D eigenvalue weighted by molar-refractivity contribution is 0.0698. The molecule has 0 aliphatic heterocycles. The minimum atomic E-state index is -1.22. The van der Waals surface area contributed by atoms with Crippen LogP contribution in [0.5, 0.6) is 0 Å². The van der Waals surface area contributed by atoms with E-state index in [-0.39, 0.29) is 28.7 Å². The number of nitrogens with one attached hydrogen (secondary N) is 1. The van der Waals surface area contributed by atoms with Crippen LogP contribution in [0.2, 0.25) is 5.02 Å². The van der Waals surface area contributed by atoms with Gasteiger partial charge in [-0.1, -0.05) is 17.7 Å². The number of urea groups is 1. The van der Waals surface area contributed by atoms with E-state index < -0.39 is 12.0 Å². The maximum absolute atomic E-state index is 12.0. The second-order valence-corrected chi connectivity index (χ2v) is 4.63. The first-order valence-electron chi connectivity index (χ1n) is 5.81. The van der Waals surface area contributed by atoms with Crippen molar-refractivity contribution >= 4 is 29.3 Å². The van der Waals surface area contributed by atoms with Gasteiger partial charge in [0, 0.05) is 13.1 Å². The fourth-order valence-corrected chi connectivity index (χ4v) is 1.77. The summed E-state index contributed by atoms with van der Waals surface area (Å²) >= 11 is 5.81. The molecule has 0 fully saturated rings. The number of carboxylic acids is 1. The number of halogens is 1. The standard InChI is InChI=1S/C13H14ClN3O3/c1-8(6-7-15)17(2)13(20)16-10-5-3-4-9(14)11(10)12(18)19/h3-5,8H,6H2,1-2H3,(H,16,20)(H,18,19). The summed E-state index contributed by atoms with van der Waals surface area (Å²) in [5.74, 6) is -1.22. The summed E-state index contributed by atoms with van der Waals surface area (Å²) in [7, 11) is 1.53. The monoisotopic (exact) mass is 295 g/mol. The second-order valence-electron chi connectivity index (χ2n) is 4.22. The molecule has 0 heterocycles. The number of hydrogen-bond acceptors (Lipinski definition) is 3. The summed E-state index contributed by atoms with van der Waals surface area (Å²) in [6.45, 7) is 1.72. The number of nitriles is 1. The van der Waals surface area contributed by atoms with Gasteiger partial charge in [-0.15, -0.1) is 0 Å². The predicted octanol–water partition coefficient (Wildman–Crippen LogP) is 2.80. The third-order valence-electron chi connectivity index (χ3n) is 2.84. The Morgan fingerprint density at radius 2 is 2.20 bits per heavy atom. The largest absolute Gasteiger partial charge is 0.478 e. The van der Waals surface area contributed by atoms with Gasteiger partial charge in [-0.3, -0.25) is 0 Å². The van der Waals surface area contributed by atoms with Crippen molar-refractivity contribution in [3.8, 4) is 6.07 Å². The fraction of sp³-hybridized carbons (Fsp3) is 0.308. The van der Waals surface area contributed by atoms with Crippen LogP contribution in [0.3, 0.4) is 0 Å². The Hall–Kier alpha value is -2.26. The number of hydrogen-bond donors (Lipinski definition) is 2. The fourth-order valence-electron chi connectivity index (χ4n) is 1.52. The molecule has 0 radical (unpaired) electrons. The van der Waals surface area contributed by atoms with E-state index in [2.05, 4.69) is 5.32 Å². The number of benzene rings is 1. The summed E-state index contributed by atoms with van der Waals surface area (Å²) in [5, 5.41) is 20.2. The van der Waals surface area contributed by atoms with E-state index >= 15 is 0 Å². The van der Waals surface area contributed by atoms with Crippen molar-refractivity contribution in [1.82, 2.24) is 4.90 Å². The van der Waals surface area contributed by atoms with Gasteiger partial charge in [0.2, 0.25) is 0 Å². The highest BCUT2D eigenvalue weighted by molar-refractivity contribution is 6.34. The molecule has 7 heteroatoms. The lowest BCUT2D eigenvalue weighted by Gasteiger charge is -2.23. The Morgan fingerprint density at radius 1 is 1.55 bits per heavy atom. The van der Waals surface area contributed by atoms with E-state index in [0.717, 1.165) is 0 Å². The van der Waals surface area contributed by atoms with Crippen molar-refractivity contribution in [2.75, 3.05) is 12.4 Å². The maximum atomic E-state index is 12.0. The molecule has 1 atom stereocenters. The summed E-state index contributed by atoms with van der Waals surface area (Å²) < 4.78 is 0. The summed E-state index contributed by atoms with van der Waals surface area (Å²) in [5.41, 5.74) is -0.0464. The second kappa shape index (κ2) is 6.78. The minimum absolute atomic E-state index is 0.0445. The summed E-state index contributed by atoms with van der Waals surface area (Å²) in [6.07, 6.45) is 0.186. The van der Waals surface area contributed by atoms with Crippen molar-refractivity contribution in [3.05, 3.63) is 28.8 Å². The van der Waals surface area contributed by atoms with Gasteiger partial charge in [-0.05, 0) is 19.1 Å². The number of rotatable bonds is 4. The topological polar surface area (TPSA) is 93.4 Å². The Balaban J connectivity index is 2.94. The molecule has 2 amide bonds. The van der Waals surface area contributed by atoms with Gasteiger partial charge in [-0.2, -0.15) is 5.26 Å². The van der Waals surface area contributed by atoms with E-state index in [1.54, 1.807) is 13.0 Å². The van der Waals surface area contributed by atoms with Gasteiger partial charge < -0.3 is 15.3 Å². The van der Waals surface area contributed by atoms with E-state index in [9.17, 15) is 9.59 Å². The zero-order valence-electron chi connectivity index (χ0n) is 11.1. The quantitative estimate of drug-likeness (QED) is 0.893. The molecule has 1 aromatic carbocycles. The molecule has 1 aromatic rings. The minimum Gasteiger partial charge on any atom is -0.478 e. The van der Waals surface area contributed by atoms with Gasteiger partial charge in [0.25, 0.3) is 0 Å². The van der Waals surface area contributed by atoms with E-state index in [1.807, 2.05) is 6.07 Å². The zero-order chi connectivity index (χ0) is 15.3. The highest BCUT2D eigenvalue weighted by Gasteiger charge is 2.20. The molecule has 0 saturated carbocycles. The van der Waals surface area contributed by atoms with Gasteiger partial charge in [-0.25, -0.2) is 9.59 Å². The van der Waals surface area contributed by atoms with E-state index in [0.29, 0.717) is 0 Å². The number of carbonyl (C=O) groups is 2. The van der Waals surface area contributed by atoms with Crippen LogP contribution in [0.4, 0.5) is 10.5 Å². The van der Waals surface area contributed by atoms with Crippen LogP contribution in [0.1, 0.15) is 23.7 Å². The predicted molar refractivity (Wildman–Crippen MR) is 74.9 cm³/mol. The molecule has 20 heavy (non-hydrogen) atoms. The lowest BCUT2D eigenvalue weighted by Crippen LogP contribution is -2.38. The molecule has 0 aliphatic rings. The molecule has 0 aliphatic carbocycles. The van der Waals surface area contributed by atoms with Crippen LogP contribution in [0.25, 0.3) is 0 Å². The molecule has 106 valence electrons. The SMILES string of the molecule is CC(CC#N)N(C)C(=O)Nc1cccc(Cl)c1C(=O)O. The number of aromatic carboxylic acids is 1. The maximum Gasteiger partial charge on any atom is 0.339 e. The van der Waals surface area contributed by atoms with Crippen molar-refractivity contribution in [1.29, 1.82) is 5.26 Å². The third kappa shape index (κ3) is 3.62. The molecule has 1 unspecified atom stereocenters. The first-order valence-corrected chi connectivity index (χ1v) is 6.18. The Kier molecular flexibility index (Phi) is 5.35. The molecular formula is C13H14ClN3O3. The van der Waals surface area contributed by atoms with Crippen LogP contribution in [-0.2, 0) is 0 Å². The van der Waals surface area contributed by atoms with Crippen molar-refractivity contribution < 1.29 is 14.7 Å². The van der Waals surface area contributed by atoms with E-state index in [4.69, 9.17) is 22.0 Å². The van der Waals surface area contributed by atoms with Crippen LogP contribution in [0, 0.1) is 11.3 Å². The highest BCUT2D eigenvalue weighted by Crippen LogP contribution is 2.24. The number of carbonyl (C=O) groups excluding carboxylic acids is 1. The molecule has 6 nitrogen and oxygen atoms in total. The average molecular weight is 296 g/mol. The Labute approximate surface area is 121 Å².